The molecule has 1 saturated heterocycles. The minimum absolute atomic E-state index is 0.0645. The average molecular weight is 518 g/mol. The maximum absolute atomic E-state index is 14.0. The third-order valence-electron chi connectivity index (χ3n) is 7.39. The van der Waals surface area contributed by atoms with Gasteiger partial charge in [0.2, 0.25) is 5.91 Å². The summed E-state index contributed by atoms with van der Waals surface area (Å²) in [4.78, 5) is 28.7. The lowest BCUT2D eigenvalue weighted by molar-refractivity contribution is -0.384. The fraction of sp³-hybridized carbons (Fsp3) is 0.367. The van der Waals surface area contributed by atoms with Crippen LogP contribution in [0.2, 0.25) is 0 Å². The number of aryl methyl sites for hydroxylation is 1. The first kappa shape index (κ1) is 27.0. The Kier molecular flexibility index (Phi) is 8.51. The Hall–Kier alpha value is -4.07. The van der Waals surface area contributed by atoms with E-state index in [0.717, 1.165) is 48.3 Å². The Morgan fingerprint density at radius 1 is 1.03 bits per heavy atom. The van der Waals surface area contributed by atoms with Crippen LogP contribution in [-0.4, -0.2) is 50.1 Å². The van der Waals surface area contributed by atoms with Gasteiger partial charge in [-0.3, -0.25) is 14.9 Å². The smallest absolute Gasteiger partial charge is 0.269 e. The number of anilines is 1. The third-order valence-corrected chi connectivity index (χ3v) is 7.39. The lowest BCUT2D eigenvalue weighted by atomic mass is 9.79. The summed E-state index contributed by atoms with van der Waals surface area (Å²) in [6, 6.07) is 20.6. The zero-order valence-electron chi connectivity index (χ0n) is 22.4. The van der Waals surface area contributed by atoms with Crippen molar-refractivity contribution in [3.8, 4) is 11.5 Å². The van der Waals surface area contributed by atoms with Crippen molar-refractivity contribution in [2.75, 3.05) is 39.3 Å². The van der Waals surface area contributed by atoms with Crippen molar-refractivity contribution in [3.05, 3.63) is 93.5 Å². The predicted molar refractivity (Wildman–Crippen MR) is 148 cm³/mol. The molecule has 38 heavy (non-hydrogen) atoms. The second kappa shape index (κ2) is 12.0. The summed E-state index contributed by atoms with van der Waals surface area (Å²) in [6.45, 7) is 3.92. The molecule has 1 aliphatic rings. The van der Waals surface area contributed by atoms with Crippen molar-refractivity contribution in [2.45, 2.75) is 32.2 Å². The fourth-order valence-electron chi connectivity index (χ4n) is 5.38. The van der Waals surface area contributed by atoms with Gasteiger partial charge in [0, 0.05) is 38.0 Å². The lowest BCUT2D eigenvalue weighted by Gasteiger charge is -2.38. The van der Waals surface area contributed by atoms with Crippen LogP contribution >= 0.6 is 0 Å². The van der Waals surface area contributed by atoms with Gasteiger partial charge < -0.3 is 19.3 Å². The van der Waals surface area contributed by atoms with Crippen molar-refractivity contribution < 1.29 is 19.2 Å². The van der Waals surface area contributed by atoms with Gasteiger partial charge in [0.15, 0.2) is 0 Å². The molecular formula is C30H35N3O5. The Balaban J connectivity index is 1.53. The lowest BCUT2D eigenvalue weighted by Crippen LogP contribution is -2.41. The molecule has 1 heterocycles. The molecule has 0 radical (unpaired) electrons. The van der Waals surface area contributed by atoms with E-state index in [2.05, 4.69) is 4.90 Å². The van der Waals surface area contributed by atoms with Gasteiger partial charge in [-0.15, -0.1) is 0 Å². The number of benzene rings is 3. The molecule has 1 amide bonds. The van der Waals surface area contributed by atoms with Crippen LogP contribution < -0.4 is 14.4 Å². The van der Waals surface area contributed by atoms with Gasteiger partial charge in [-0.2, -0.15) is 0 Å². The van der Waals surface area contributed by atoms with Crippen LogP contribution in [0.4, 0.5) is 11.4 Å². The van der Waals surface area contributed by atoms with E-state index in [1.54, 1.807) is 43.4 Å². The first-order chi connectivity index (χ1) is 18.3. The summed E-state index contributed by atoms with van der Waals surface area (Å²) in [7, 11) is 5.10. The molecule has 0 N–H and O–H groups in total. The van der Waals surface area contributed by atoms with Gasteiger partial charge in [-0.1, -0.05) is 30.3 Å². The Labute approximate surface area is 223 Å². The highest BCUT2D eigenvalue weighted by Gasteiger charge is 2.35. The number of carbonyl (C=O) groups excluding carboxylic acids is 1. The number of nitro groups is 1. The molecule has 8 heteroatoms. The molecule has 1 aliphatic heterocycles. The van der Waals surface area contributed by atoms with Gasteiger partial charge in [0.1, 0.15) is 11.5 Å². The maximum Gasteiger partial charge on any atom is 0.269 e. The second-order valence-electron chi connectivity index (χ2n) is 9.83. The van der Waals surface area contributed by atoms with Gasteiger partial charge in [-0.05, 0) is 61.1 Å². The van der Waals surface area contributed by atoms with Crippen LogP contribution in [0, 0.1) is 23.0 Å². The van der Waals surface area contributed by atoms with Crippen molar-refractivity contribution >= 4 is 17.3 Å². The van der Waals surface area contributed by atoms with Gasteiger partial charge in [0.05, 0.1) is 37.2 Å². The Morgan fingerprint density at radius 3 is 2.13 bits per heavy atom. The molecule has 3 aromatic rings. The van der Waals surface area contributed by atoms with E-state index in [-0.39, 0.29) is 28.4 Å². The van der Waals surface area contributed by atoms with E-state index in [4.69, 9.17) is 9.47 Å². The first-order valence-electron chi connectivity index (χ1n) is 12.8. The number of ether oxygens (including phenoxy) is 2. The van der Waals surface area contributed by atoms with E-state index in [1.807, 2.05) is 56.4 Å². The SMILES string of the molecule is COc1cc(C)cc(OC)c1CN(C)C(=O)C(c1ccccc1)C1CCN(c2ccc([N+](=O)[O-])cc2)CC1. The minimum Gasteiger partial charge on any atom is -0.496 e. The summed E-state index contributed by atoms with van der Waals surface area (Å²) in [5.41, 5.74) is 3.94. The predicted octanol–water partition coefficient (Wildman–Crippen LogP) is 5.58. The molecule has 0 bridgehead atoms. The van der Waals surface area contributed by atoms with Crippen LogP contribution in [0.5, 0.6) is 11.5 Å². The quantitative estimate of drug-likeness (QED) is 0.272. The van der Waals surface area contributed by atoms with E-state index in [0.29, 0.717) is 18.0 Å². The van der Waals surface area contributed by atoms with Crippen molar-refractivity contribution in [2.24, 2.45) is 5.92 Å². The molecule has 0 aliphatic carbocycles. The van der Waals surface area contributed by atoms with Gasteiger partial charge >= 0.3 is 0 Å². The van der Waals surface area contributed by atoms with Crippen LogP contribution in [-0.2, 0) is 11.3 Å². The number of nitro benzene ring substituents is 1. The third kappa shape index (κ3) is 5.90. The topological polar surface area (TPSA) is 85.2 Å². The Morgan fingerprint density at radius 2 is 1.61 bits per heavy atom. The molecule has 8 nitrogen and oxygen atoms in total. The zero-order chi connectivity index (χ0) is 27.2. The molecule has 0 spiro atoms. The highest BCUT2D eigenvalue weighted by Crippen LogP contribution is 2.37. The molecule has 0 aromatic heterocycles. The van der Waals surface area contributed by atoms with Crippen molar-refractivity contribution in [3.63, 3.8) is 0 Å². The maximum atomic E-state index is 14.0. The molecule has 200 valence electrons. The van der Waals surface area contributed by atoms with Gasteiger partial charge in [0.25, 0.3) is 5.69 Å². The van der Waals surface area contributed by atoms with Crippen LogP contribution in [0.1, 0.15) is 35.4 Å². The highest BCUT2D eigenvalue weighted by atomic mass is 16.6. The van der Waals surface area contributed by atoms with Crippen molar-refractivity contribution in [1.82, 2.24) is 4.90 Å². The molecule has 4 rings (SSSR count). The number of nitrogens with zero attached hydrogens (tertiary/aromatic N) is 3. The van der Waals surface area contributed by atoms with Crippen molar-refractivity contribution in [1.29, 1.82) is 0 Å². The molecule has 1 fully saturated rings. The molecule has 1 atom stereocenters. The molecule has 0 saturated carbocycles. The molecule has 1 unspecified atom stereocenters. The number of amides is 1. The first-order valence-corrected chi connectivity index (χ1v) is 12.8. The largest absolute Gasteiger partial charge is 0.496 e. The number of piperidine rings is 1. The summed E-state index contributed by atoms with van der Waals surface area (Å²) in [5.74, 6) is 1.36. The van der Waals surface area contributed by atoms with Gasteiger partial charge in [-0.25, -0.2) is 0 Å². The standard InChI is InChI=1S/C30H35N3O5/c1-21-18-27(37-3)26(28(19-21)38-4)20-31(2)30(34)29(22-8-6-5-7-9-22)23-14-16-32(17-15-23)24-10-12-25(13-11-24)33(35)36/h5-13,18-19,23,29H,14-17,20H2,1-4H3. The summed E-state index contributed by atoms with van der Waals surface area (Å²) in [6.07, 6.45) is 1.68. The van der Waals surface area contributed by atoms with E-state index in [1.165, 1.54) is 0 Å². The van der Waals surface area contributed by atoms with Crippen LogP contribution in [0.3, 0.4) is 0 Å². The number of hydrogen-bond donors (Lipinski definition) is 0. The minimum atomic E-state index is -0.385. The number of carbonyl (C=O) groups is 1. The number of likely N-dealkylation sites (N-methyl/N-ethyl adjacent to an activating group) is 1. The fourth-order valence-corrected chi connectivity index (χ4v) is 5.38. The van der Waals surface area contributed by atoms with E-state index in [9.17, 15) is 14.9 Å². The van der Waals surface area contributed by atoms with Crippen LogP contribution in [0.15, 0.2) is 66.7 Å². The monoisotopic (exact) mass is 517 g/mol. The summed E-state index contributed by atoms with van der Waals surface area (Å²) in [5, 5.41) is 11.0. The Bertz CT molecular complexity index is 1230. The number of methoxy groups -OCH3 is 2. The highest BCUT2D eigenvalue weighted by molar-refractivity contribution is 5.84. The number of rotatable bonds is 9. The van der Waals surface area contributed by atoms with Crippen LogP contribution in [0.25, 0.3) is 0 Å². The van der Waals surface area contributed by atoms with E-state index >= 15 is 0 Å². The second-order valence-corrected chi connectivity index (χ2v) is 9.83. The number of hydrogen-bond acceptors (Lipinski definition) is 6. The normalized spacial score (nSPS) is 14.6. The molecule has 3 aromatic carbocycles. The van der Waals surface area contributed by atoms with E-state index < -0.39 is 0 Å². The summed E-state index contributed by atoms with van der Waals surface area (Å²) < 4.78 is 11.2. The summed E-state index contributed by atoms with van der Waals surface area (Å²) >= 11 is 0. The number of non-ortho nitro benzene ring substituents is 1. The zero-order valence-corrected chi connectivity index (χ0v) is 22.4. The molecular weight excluding hydrogens is 482 g/mol. The average Bonchev–Trinajstić information content (AvgIpc) is 2.94.